The molecule has 1 amide bonds. The lowest BCUT2D eigenvalue weighted by molar-refractivity contribution is -0.130. The van der Waals surface area contributed by atoms with E-state index in [9.17, 15) is 4.79 Å². The van der Waals surface area contributed by atoms with Gasteiger partial charge < -0.3 is 15.8 Å². The lowest BCUT2D eigenvalue weighted by Crippen LogP contribution is -2.46. The molecule has 0 radical (unpaired) electrons. The van der Waals surface area contributed by atoms with Crippen molar-refractivity contribution in [2.45, 2.75) is 19.3 Å². The van der Waals surface area contributed by atoms with Crippen molar-refractivity contribution in [1.82, 2.24) is 5.32 Å². The minimum absolute atomic E-state index is 0.175. The second-order valence-corrected chi connectivity index (χ2v) is 3.64. The number of nitrogens with two attached hydrogens (primary N) is 1. The van der Waals surface area contributed by atoms with Gasteiger partial charge in [-0.2, -0.15) is 0 Å². The van der Waals surface area contributed by atoms with Crippen LogP contribution in [-0.2, 0) is 9.53 Å². The summed E-state index contributed by atoms with van der Waals surface area (Å²) in [5.41, 5.74) is 5.10. The van der Waals surface area contributed by atoms with E-state index in [2.05, 4.69) is 5.32 Å². The number of primary amides is 1. The van der Waals surface area contributed by atoms with Crippen molar-refractivity contribution in [1.29, 1.82) is 0 Å². The monoisotopic (exact) mass is 186 g/mol. The first-order chi connectivity index (χ1) is 6.21. The summed E-state index contributed by atoms with van der Waals surface area (Å²) in [6, 6.07) is 0. The number of hydrogen-bond donors (Lipinski definition) is 2. The normalized spacial score (nSPS) is 21.3. The average molecular weight is 186 g/mol. The van der Waals surface area contributed by atoms with Gasteiger partial charge in [0.15, 0.2) is 0 Å². The third kappa shape index (κ3) is 2.42. The predicted octanol–water partition coefficient (Wildman–Crippen LogP) is -0.122. The predicted molar refractivity (Wildman–Crippen MR) is 50.2 cm³/mol. The van der Waals surface area contributed by atoms with Gasteiger partial charge in [-0.15, -0.1) is 0 Å². The van der Waals surface area contributed by atoms with Crippen LogP contribution in [0, 0.1) is 5.41 Å². The van der Waals surface area contributed by atoms with E-state index in [1.54, 1.807) is 7.11 Å². The summed E-state index contributed by atoms with van der Waals surface area (Å²) in [7, 11) is 1.65. The standard InChI is InChI=1S/C9H18N2O2/c1-13-7-4-9(8(10)12)2-5-11-6-3-9/h11H,2-7H2,1H3,(H2,10,12). The van der Waals surface area contributed by atoms with Crippen LogP contribution in [0.3, 0.4) is 0 Å². The summed E-state index contributed by atoms with van der Waals surface area (Å²) in [6.07, 6.45) is 2.43. The van der Waals surface area contributed by atoms with Gasteiger partial charge in [-0.25, -0.2) is 0 Å². The topological polar surface area (TPSA) is 64.3 Å². The highest BCUT2D eigenvalue weighted by Gasteiger charge is 2.37. The Balaban J connectivity index is 2.56. The fraction of sp³-hybridized carbons (Fsp3) is 0.889. The molecule has 1 rings (SSSR count). The zero-order valence-electron chi connectivity index (χ0n) is 8.14. The smallest absolute Gasteiger partial charge is 0.223 e. The van der Waals surface area contributed by atoms with Crippen molar-refractivity contribution in [3.63, 3.8) is 0 Å². The van der Waals surface area contributed by atoms with Gasteiger partial charge in [0.05, 0.1) is 5.41 Å². The van der Waals surface area contributed by atoms with Gasteiger partial charge in [0, 0.05) is 13.7 Å². The van der Waals surface area contributed by atoms with Gasteiger partial charge in [0.25, 0.3) is 0 Å². The molecule has 3 N–H and O–H groups in total. The number of nitrogens with one attached hydrogen (secondary N) is 1. The van der Waals surface area contributed by atoms with Crippen molar-refractivity contribution in [3.05, 3.63) is 0 Å². The Kier molecular flexibility index (Phi) is 3.69. The number of methoxy groups -OCH3 is 1. The molecule has 4 nitrogen and oxygen atoms in total. The molecule has 0 aliphatic carbocycles. The summed E-state index contributed by atoms with van der Waals surface area (Å²) < 4.78 is 4.99. The van der Waals surface area contributed by atoms with Crippen LogP contribution >= 0.6 is 0 Å². The maximum absolute atomic E-state index is 11.3. The van der Waals surface area contributed by atoms with Crippen LogP contribution in [0.5, 0.6) is 0 Å². The first-order valence-corrected chi connectivity index (χ1v) is 4.71. The summed E-state index contributed by atoms with van der Waals surface area (Å²) in [4.78, 5) is 11.3. The molecule has 1 saturated heterocycles. The quantitative estimate of drug-likeness (QED) is 0.643. The molecule has 1 heterocycles. The fourth-order valence-electron chi connectivity index (χ4n) is 1.82. The van der Waals surface area contributed by atoms with Crippen LogP contribution in [0.1, 0.15) is 19.3 Å². The first kappa shape index (κ1) is 10.5. The van der Waals surface area contributed by atoms with E-state index in [1.807, 2.05) is 0 Å². The molecule has 1 fully saturated rings. The van der Waals surface area contributed by atoms with Gasteiger partial charge in [-0.3, -0.25) is 4.79 Å². The van der Waals surface area contributed by atoms with Crippen molar-refractivity contribution in [2.24, 2.45) is 11.1 Å². The molecule has 0 bridgehead atoms. The number of ether oxygens (including phenoxy) is 1. The molecule has 0 aromatic rings. The molecule has 0 aromatic heterocycles. The second kappa shape index (κ2) is 4.58. The Hall–Kier alpha value is -0.610. The van der Waals surface area contributed by atoms with Crippen LogP contribution in [0.25, 0.3) is 0 Å². The number of amides is 1. The fourth-order valence-corrected chi connectivity index (χ4v) is 1.82. The highest BCUT2D eigenvalue weighted by atomic mass is 16.5. The van der Waals surface area contributed by atoms with E-state index in [-0.39, 0.29) is 11.3 Å². The van der Waals surface area contributed by atoms with E-state index in [1.165, 1.54) is 0 Å². The lowest BCUT2D eigenvalue weighted by Gasteiger charge is -2.34. The van der Waals surface area contributed by atoms with Crippen LogP contribution in [0.4, 0.5) is 0 Å². The van der Waals surface area contributed by atoms with E-state index >= 15 is 0 Å². The Bertz CT molecular complexity index is 176. The number of carbonyl (C=O) groups excluding carboxylic acids is 1. The van der Waals surface area contributed by atoms with Crippen molar-refractivity contribution >= 4 is 5.91 Å². The molecule has 1 aliphatic rings. The van der Waals surface area contributed by atoms with Crippen molar-refractivity contribution < 1.29 is 9.53 Å². The number of carbonyl (C=O) groups is 1. The second-order valence-electron chi connectivity index (χ2n) is 3.64. The maximum atomic E-state index is 11.3. The van der Waals surface area contributed by atoms with E-state index < -0.39 is 0 Å². The van der Waals surface area contributed by atoms with Crippen LogP contribution in [0.2, 0.25) is 0 Å². The van der Waals surface area contributed by atoms with Crippen molar-refractivity contribution in [2.75, 3.05) is 26.8 Å². The molecule has 4 heteroatoms. The summed E-state index contributed by atoms with van der Waals surface area (Å²) in [5.74, 6) is -0.175. The van der Waals surface area contributed by atoms with Gasteiger partial charge in [0.2, 0.25) is 5.91 Å². The van der Waals surface area contributed by atoms with E-state index in [0.717, 1.165) is 32.4 Å². The van der Waals surface area contributed by atoms with E-state index in [0.29, 0.717) is 6.61 Å². The molecule has 0 spiro atoms. The summed E-state index contributed by atoms with van der Waals surface area (Å²) in [6.45, 7) is 2.38. The largest absolute Gasteiger partial charge is 0.385 e. The number of hydrogen-bond acceptors (Lipinski definition) is 3. The third-order valence-corrected chi connectivity index (χ3v) is 2.87. The third-order valence-electron chi connectivity index (χ3n) is 2.87. The van der Waals surface area contributed by atoms with Crippen LogP contribution in [0.15, 0.2) is 0 Å². The van der Waals surface area contributed by atoms with Gasteiger partial charge >= 0.3 is 0 Å². The lowest BCUT2D eigenvalue weighted by atomic mass is 9.76. The Labute approximate surface area is 78.8 Å². The SMILES string of the molecule is COCCC1(C(N)=O)CCNCC1. The molecule has 76 valence electrons. The molecule has 0 unspecified atom stereocenters. The minimum Gasteiger partial charge on any atom is -0.385 e. The Morgan fingerprint density at radius 2 is 2.15 bits per heavy atom. The molecule has 0 saturated carbocycles. The zero-order chi connectivity index (χ0) is 9.73. The average Bonchev–Trinajstić information content (AvgIpc) is 2.16. The molecular formula is C9H18N2O2. The van der Waals surface area contributed by atoms with Gasteiger partial charge in [0.1, 0.15) is 0 Å². The molecular weight excluding hydrogens is 168 g/mol. The van der Waals surface area contributed by atoms with Crippen LogP contribution in [-0.4, -0.2) is 32.7 Å². The summed E-state index contributed by atoms with van der Waals surface area (Å²) >= 11 is 0. The van der Waals surface area contributed by atoms with Gasteiger partial charge in [-0.05, 0) is 32.4 Å². The zero-order valence-corrected chi connectivity index (χ0v) is 8.14. The van der Waals surface area contributed by atoms with Crippen LogP contribution < -0.4 is 11.1 Å². The van der Waals surface area contributed by atoms with Crippen molar-refractivity contribution in [3.8, 4) is 0 Å². The molecule has 0 atom stereocenters. The summed E-state index contributed by atoms with van der Waals surface area (Å²) in [5, 5.41) is 3.22. The maximum Gasteiger partial charge on any atom is 0.223 e. The first-order valence-electron chi connectivity index (χ1n) is 4.71. The highest BCUT2D eigenvalue weighted by Crippen LogP contribution is 2.32. The molecule has 1 aliphatic heterocycles. The number of rotatable bonds is 4. The highest BCUT2D eigenvalue weighted by molar-refractivity contribution is 5.80. The Morgan fingerprint density at radius 1 is 1.54 bits per heavy atom. The molecule has 13 heavy (non-hydrogen) atoms. The Morgan fingerprint density at radius 3 is 2.62 bits per heavy atom. The van der Waals surface area contributed by atoms with E-state index in [4.69, 9.17) is 10.5 Å². The number of piperidine rings is 1. The van der Waals surface area contributed by atoms with Gasteiger partial charge in [-0.1, -0.05) is 0 Å². The molecule has 0 aromatic carbocycles. The minimum atomic E-state index is -0.318.